The standard InChI is InChI=1S/C26H21ClN4O3S/c1-29-23(25(33)31(26(29)35)19-10-8-18(27)9-11-19)13-17-15-30(22-7-3-2-6-21(17)22)16-24(32)28-14-20-5-4-12-34-20/h2-13,15H,14,16H2,1H3,(H,28,32). The van der Waals surface area contributed by atoms with Gasteiger partial charge in [0.25, 0.3) is 5.91 Å². The minimum absolute atomic E-state index is 0.128. The Labute approximate surface area is 212 Å². The lowest BCUT2D eigenvalue weighted by Crippen LogP contribution is -2.31. The van der Waals surface area contributed by atoms with E-state index < -0.39 is 0 Å². The first-order valence-electron chi connectivity index (χ1n) is 10.9. The average molecular weight is 505 g/mol. The Morgan fingerprint density at radius 1 is 1.11 bits per heavy atom. The largest absolute Gasteiger partial charge is 0.467 e. The molecule has 0 radical (unpaired) electrons. The number of likely N-dealkylation sites (N-methyl/N-ethyl adjacent to an activating group) is 1. The summed E-state index contributed by atoms with van der Waals surface area (Å²) in [5.41, 5.74) is 2.79. The highest BCUT2D eigenvalue weighted by Crippen LogP contribution is 2.31. The van der Waals surface area contributed by atoms with Gasteiger partial charge < -0.3 is 19.2 Å². The van der Waals surface area contributed by atoms with Gasteiger partial charge >= 0.3 is 0 Å². The molecule has 0 spiro atoms. The molecule has 35 heavy (non-hydrogen) atoms. The highest BCUT2D eigenvalue weighted by Gasteiger charge is 2.37. The first-order valence-corrected chi connectivity index (χ1v) is 11.7. The number of para-hydroxylation sites is 1. The number of thiocarbonyl (C=S) groups is 1. The minimum Gasteiger partial charge on any atom is -0.467 e. The molecular formula is C26H21ClN4O3S. The maximum absolute atomic E-state index is 13.4. The number of halogens is 1. The lowest BCUT2D eigenvalue weighted by Gasteiger charge is -2.16. The minimum atomic E-state index is -0.229. The molecule has 2 aromatic heterocycles. The molecule has 4 aromatic rings. The number of carbonyl (C=O) groups excluding carboxylic acids is 2. The van der Waals surface area contributed by atoms with Crippen molar-refractivity contribution in [2.45, 2.75) is 13.1 Å². The van der Waals surface area contributed by atoms with Crippen molar-refractivity contribution < 1.29 is 14.0 Å². The van der Waals surface area contributed by atoms with Crippen LogP contribution in [0.1, 0.15) is 11.3 Å². The van der Waals surface area contributed by atoms with Gasteiger partial charge in [-0.3, -0.25) is 14.5 Å². The van der Waals surface area contributed by atoms with Crippen LogP contribution in [0.25, 0.3) is 17.0 Å². The van der Waals surface area contributed by atoms with Gasteiger partial charge in [0.15, 0.2) is 5.11 Å². The molecule has 1 fully saturated rings. The molecule has 2 aromatic carbocycles. The first-order chi connectivity index (χ1) is 16.9. The predicted octanol–water partition coefficient (Wildman–Crippen LogP) is 4.81. The maximum Gasteiger partial charge on any atom is 0.281 e. The van der Waals surface area contributed by atoms with Crippen molar-refractivity contribution in [1.82, 2.24) is 14.8 Å². The normalized spacial score (nSPS) is 15.0. The highest BCUT2D eigenvalue weighted by atomic mass is 35.5. The molecule has 0 unspecified atom stereocenters. The highest BCUT2D eigenvalue weighted by molar-refractivity contribution is 7.80. The topological polar surface area (TPSA) is 70.7 Å². The van der Waals surface area contributed by atoms with Crippen molar-refractivity contribution in [2.75, 3.05) is 11.9 Å². The molecule has 1 saturated heterocycles. The summed E-state index contributed by atoms with van der Waals surface area (Å²) in [4.78, 5) is 29.1. The van der Waals surface area contributed by atoms with Gasteiger partial charge in [0.2, 0.25) is 5.91 Å². The van der Waals surface area contributed by atoms with Gasteiger partial charge in [-0.15, -0.1) is 0 Å². The van der Waals surface area contributed by atoms with Crippen LogP contribution < -0.4 is 10.2 Å². The molecule has 0 bridgehead atoms. The third-order valence-corrected chi connectivity index (χ3v) is 6.52. The van der Waals surface area contributed by atoms with E-state index in [0.29, 0.717) is 33.8 Å². The lowest BCUT2D eigenvalue weighted by molar-refractivity contribution is -0.121. The molecule has 9 heteroatoms. The Morgan fingerprint density at radius 2 is 1.89 bits per heavy atom. The summed E-state index contributed by atoms with van der Waals surface area (Å²) < 4.78 is 7.14. The molecule has 0 aliphatic carbocycles. The fraction of sp³-hybridized carbons (Fsp3) is 0.115. The van der Waals surface area contributed by atoms with Crippen LogP contribution in [0.5, 0.6) is 0 Å². The molecule has 7 nitrogen and oxygen atoms in total. The number of furan rings is 1. The molecule has 2 amide bonds. The fourth-order valence-electron chi connectivity index (χ4n) is 4.05. The Balaban J connectivity index is 1.44. The van der Waals surface area contributed by atoms with Crippen LogP contribution in [-0.4, -0.2) is 33.4 Å². The van der Waals surface area contributed by atoms with Crippen molar-refractivity contribution >= 4 is 63.4 Å². The zero-order valence-corrected chi connectivity index (χ0v) is 20.3. The maximum atomic E-state index is 13.4. The third-order valence-electron chi connectivity index (χ3n) is 5.81. The van der Waals surface area contributed by atoms with Gasteiger partial charge in [-0.25, -0.2) is 0 Å². The monoisotopic (exact) mass is 504 g/mol. The van der Waals surface area contributed by atoms with Gasteiger partial charge in [0, 0.05) is 34.7 Å². The molecule has 1 aliphatic rings. The third kappa shape index (κ3) is 4.45. The van der Waals surface area contributed by atoms with Crippen LogP contribution in [0.15, 0.2) is 83.2 Å². The van der Waals surface area contributed by atoms with Gasteiger partial charge in [-0.1, -0.05) is 29.8 Å². The van der Waals surface area contributed by atoms with Crippen LogP contribution in [0.3, 0.4) is 0 Å². The van der Waals surface area contributed by atoms with Crippen LogP contribution in [-0.2, 0) is 22.7 Å². The number of anilines is 1. The predicted molar refractivity (Wildman–Crippen MR) is 140 cm³/mol. The second kappa shape index (κ2) is 9.40. The SMILES string of the molecule is CN1C(=S)N(c2ccc(Cl)cc2)C(=O)C1=Cc1cn(CC(=O)NCc2ccco2)c2ccccc12. The summed E-state index contributed by atoms with van der Waals surface area (Å²) in [6, 6.07) is 18.3. The fourth-order valence-corrected chi connectivity index (χ4v) is 4.46. The summed E-state index contributed by atoms with van der Waals surface area (Å²) in [6.07, 6.45) is 5.26. The number of hydrogen-bond acceptors (Lipinski definition) is 4. The number of rotatable bonds is 6. The number of benzene rings is 2. The summed E-state index contributed by atoms with van der Waals surface area (Å²) >= 11 is 11.6. The summed E-state index contributed by atoms with van der Waals surface area (Å²) in [7, 11) is 1.77. The first kappa shape index (κ1) is 22.9. The molecular weight excluding hydrogens is 484 g/mol. The number of fused-ring (bicyclic) bond motifs is 1. The molecule has 176 valence electrons. The zero-order chi connectivity index (χ0) is 24.5. The molecule has 1 aliphatic heterocycles. The number of amides is 2. The summed E-state index contributed by atoms with van der Waals surface area (Å²) in [5.74, 6) is 0.309. The second-order valence-corrected chi connectivity index (χ2v) is 8.88. The van der Waals surface area contributed by atoms with E-state index in [1.165, 1.54) is 4.90 Å². The molecule has 1 N–H and O–H groups in total. The zero-order valence-electron chi connectivity index (χ0n) is 18.8. The van der Waals surface area contributed by atoms with Gasteiger partial charge in [0.1, 0.15) is 18.0 Å². The van der Waals surface area contributed by atoms with E-state index in [0.717, 1.165) is 16.5 Å². The summed E-state index contributed by atoms with van der Waals surface area (Å²) in [5, 5.41) is 4.75. The average Bonchev–Trinajstić information content (AvgIpc) is 3.55. The van der Waals surface area contributed by atoms with Crippen LogP contribution in [0.4, 0.5) is 5.69 Å². The Morgan fingerprint density at radius 3 is 2.63 bits per heavy atom. The number of nitrogens with zero attached hydrogens (tertiary/aromatic N) is 3. The van der Waals surface area contributed by atoms with Crippen LogP contribution in [0, 0.1) is 0 Å². The number of hydrogen-bond donors (Lipinski definition) is 1. The van der Waals surface area contributed by atoms with E-state index in [9.17, 15) is 9.59 Å². The van der Waals surface area contributed by atoms with E-state index in [1.807, 2.05) is 47.2 Å². The van der Waals surface area contributed by atoms with E-state index in [1.54, 1.807) is 48.5 Å². The Hall–Kier alpha value is -3.88. The van der Waals surface area contributed by atoms with Gasteiger partial charge in [0.05, 0.1) is 18.5 Å². The molecule has 3 heterocycles. The number of aromatic nitrogens is 1. The summed E-state index contributed by atoms with van der Waals surface area (Å²) in [6.45, 7) is 0.447. The van der Waals surface area contributed by atoms with E-state index in [2.05, 4.69) is 5.32 Å². The Kier molecular flexibility index (Phi) is 6.15. The number of nitrogens with one attached hydrogen (secondary N) is 1. The van der Waals surface area contributed by atoms with Crippen molar-refractivity contribution in [3.8, 4) is 0 Å². The van der Waals surface area contributed by atoms with E-state index >= 15 is 0 Å². The quantitative estimate of drug-likeness (QED) is 0.301. The van der Waals surface area contributed by atoms with Crippen molar-refractivity contribution in [3.63, 3.8) is 0 Å². The van der Waals surface area contributed by atoms with Crippen molar-refractivity contribution in [2.24, 2.45) is 0 Å². The van der Waals surface area contributed by atoms with Gasteiger partial charge in [-0.05, 0) is 60.8 Å². The molecule has 0 saturated carbocycles. The van der Waals surface area contributed by atoms with Crippen molar-refractivity contribution in [1.29, 1.82) is 0 Å². The van der Waals surface area contributed by atoms with E-state index in [-0.39, 0.29) is 18.4 Å². The van der Waals surface area contributed by atoms with Crippen LogP contribution >= 0.6 is 23.8 Å². The van der Waals surface area contributed by atoms with Gasteiger partial charge in [-0.2, -0.15) is 0 Å². The molecule has 0 atom stereocenters. The smallest absolute Gasteiger partial charge is 0.281 e. The number of carbonyl (C=O) groups is 2. The molecule has 5 rings (SSSR count). The van der Waals surface area contributed by atoms with Crippen molar-refractivity contribution in [3.05, 3.63) is 95.2 Å². The van der Waals surface area contributed by atoms with Crippen LogP contribution in [0.2, 0.25) is 5.02 Å². The van der Waals surface area contributed by atoms with E-state index in [4.69, 9.17) is 28.2 Å². The second-order valence-electron chi connectivity index (χ2n) is 8.07. The Bertz CT molecular complexity index is 1460. The lowest BCUT2D eigenvalue weighted by atomic mass is 10.1.